The Kier molecular flexibility index (Phi) is 6.51. The lowest BCUT2D eigenvalue weighted by molar-refractivity contribution is 0.302. The largest absolute Gasteiger partial charge is 0.493 e. The van der Waals surface area contributed by atoms with E-state index in [1.807, 2.05) is 0 Å². The topological polar surface area (TPSA) is 43.4 Å². The van der Waals surface area contributed by atoms with Crippen molar-refractivity contribution in [1.29, 1.82) is 0 Å². The second-order valence-electron chi connectivity index (χ2n) is 4.08. The van der Waals surface area contributed by atoms with Crippen LogP contribution in [0.3, 0.4) is 0 Å². The van der Waals surface area contributed by atoms with E-state index < -0.39 is 20.7 Å². The number of hydrogen-bond acceptors (Lipinski definition) is 3. The molecule has 108 valence electrons. The molecule has 1 aromatic rings. The zero-order valence-corrected chi connectivity index (χ0v) is 11.8. The molecule has 19 heavy (non-hydrogen) atoms. The van der Waals surface area contributed by atoms with Crippen molar-refractivity contribution in [3.63, 3.8) is 0 Å². The molecule has 0 spiro atoms. The summed E-state index contributed by atoms with van der Waals surface area (Å²) in [5.74, 6) is -1.60. The highest BCUT2D eigenvalue weighted by molar-refractivity contribution is 8.13. The lowest BCUT2D eigenvalue weighted by atomic mass is 10.2. The number of unbranched alkanes of at least 4 members (excludes halogenated alkanes) is 3. The number of ether oxygens (including phenoxy) is 1. The van der Waals surface area contributed by atoms with Crippen molar-refractivity contribution in [3.8, 4) is 5.75 Å². The van der Waals surface area contributed by atoms with Crippen LogP contribution >= 0.6 is 10.7 Å². The molecule has 0 aliphatic heterocycles. The van der Waals surface area contributed by atoms with Crippen LogP contribution in [0.1, 0.15) is 25.7 Å². The van der Waals surface area contributed by atoms with E-state index in [2.05, 4.69) is 0 Å². The van der Waals surface area contributed by atoms with Crippen LogP contribution in [0.15, 0.2) is 18.2 Å². The van der Waals surface area contributed by atoms with Gasteiger partial charge in [0, 0.05) is 16.7 Å². The van der Waals surface area contributed by atoms with Crippen LogP contribution in [0.25, 0.3) is 0 Å². The average Bonchev–Trinajstić information content (AvgIpc) is 2.31. The van der Waals surface area contributed by atoms with E-state index in [4.69, 9.17) is 15.4 Å². The fourth-order valence-electron chi connectivity index (χ4n) is 1.49. The van der Waals surface area contributed by atoms with Gasteiger partial charge in [0.1, 0.15) is 5.75 Å². The first-order valence-corrected chi connectivity index (χ1v) is 8.36. The Hall–Kier alpha value is -0.880. The Morgan fingerprint density at radius 2 is 1.74 bits per heavy atom. The maximum absolute atomic E-state index is 12.8. The summed E-state index contributed by atoms with van der Waals surface area (Å²) in [6.45, 7) is 0.374. The Morgan fingerprint density at radius 3 is 2.37 bits per heavy atom. The molecule has 0 amide bonds. The molecule has 0 atom stereocenters. The third-order valence-corrected chi connectivity index (χ3v) is 3.68. The van der Waals surface area contributed by atoms with Crippen molar-refractivity contribution in [2.24, 2.45) is 0 Å². The smallest absolute Gasteiger partial charge is 0.232 e. The van der Waals surface area contributed by atoms with Crippen LogP contribution in [-0.4, -0.2) is 20.8 Å². The van der Waals surface area contributed by atoms with Crippen molar-refractivity contribution in [2.45, 2.75) is 25.7 Å². The van der Waals surface area contributed by atoms with Gasteiger partial charge in [-0.3, -0.25) is 0 Å². The molecule has 0 fully saturated rings. The monoisotopic (exact) mass is 312 g/mol. The lowest BCUT2D eigenvalue weighted by Crippen LogP contribution is -2.00. The highest BCUT2D eigenvalue weighted by Crippen LogP contribution is 2.16. The van der Waals surface area contributed by atoms with Crippen LogP contribution in [0.4, 0.5) is 8.78 Å². The maximum atomic E-state index is 12.8. The first kappa shape index (κ1) is 16.2. The molecule has 1 aromatic carbocycles. The SMILES string of the molecule is O=S(=O)(Cl)CCCCCCOc1ccc(F)c(F)c1. The zero-order valence-electron chi connectivity index (χ0n) is 10.2. The number of rotatable bonds is 8. The van der Waals surface area contributed by atoms with Crippen molar-refractivity contribution in [3.05, 3.63) is 29.8 Å². The molecule has 0 aliphatic carbocycles. The first-order valence-electron chi connectivity index (χ1n) is 5.89. The minimum atomic E-state index is -3.40. The number of benzene rings is 1. The van der Waals surface area contributed by atoms with Gasteiger partial charge in [0.15, 0.2) is 11.6 Å². The summed E-state index contributed by atoms with van der Waals surface area (Å²) >= 11 is 0. The fraction of sp³-hybridized carbons (Fsp3) is 0.500. The molecule has 0 N–H and O–H groups in total. The highest BCUT2D eigenvalue weighted by atomic mass is 35.7. The fourth-order valence-corrected chi connectivity index (χ4v) is 2.36. The van der Waals surface area contributed by atoms with Gasteiger partial charge in [-0.1, -0.05) is 12.8 Å². The third-order valence-electron chi connectivity index (χ3n) is 2.44. The molecule has 0 saturated carbocycles. The predicted octanol–water partition coefficient (Wildman–Crippen LogP) is 3.47. The van der Waals surface area contributed by atoms with E-state index in [0.717, 1.165) is 25.0 Å². The van der Waals surface area contributed by atoms with Gasteiger partial charge in [0.2, 0.25) is 9.05 Å². The van der Waals surface area contributed by atoms with Gasteiger partial charge < -0.3 is 4.74 Å². The molecule has 0 saturated heterocycles. The summed E-state index contributed by atoms with van der Waals surface area (Å²) in [4.78, 5) is 0. The van der Waals surface area contributed by atoms with E-state index in [1.54, 1.807) is 0 Å². The molecule has 3 nitrogen and oxygen atoms in total. The highest BCUT2D eigenvalue weighted by Gasteiger charge is 2.04. The predicted molar refractivity (Wildman–Crippen MR) is 70.0 cm³/mol. The van der Waals surface area contributed by atoms with Gasteiger partial charge >= 0.3 is 0 Å². The molecule has 7 heteroatoms. The van der Waals surface area contributed by atoms with Gasteiger partial charge in [-0.15, -0.1) is 0 Å². The molecule has 1 rings (SSSR count). The Bertz CT molecular complexity index is 506. The molecule has 0 radical (unpaired) electrons. The molecule has 0 aromatic heterocycles. The normalized spacial score (nSPS) is 11.5. The molecular formula is C12H15ClF2O3S. The summed E-state index contributed by atoms with van der Waals surface area (Å²) in [5, 5.41) is 0. The summed E-state index contributed by atoms with van der Waals surface area (Å²) in [6, 6.07) is 3.36. The van der Waals surface area contributed by atoms with Crippen LogP contribution < -0.4 is 4.74 Å². The molecule has 0 unspecified atom stereocenters. The molecule has 0 heterocycles. The van der Waals surface area contributed by atoms with Crippen LogP contribution in [0.5, 0.6) is 5.75 Å². The minimum Gasteiger partial charge on any atom is -0.493 e. The Balaban J connectivity index is 2.12. The lowest BCUT2D eigenvalue weighted by Gasteiger charge is -2.06. The number of hydrogen-bond donors (Lipinski definition) is 0. The van der Waals surface area contributed by atoms with Gasteiger partial charge in [-0.2, -0.15) is 0 Å². The van der Waals surface area contributed by atoms with Crippen molar-refractivity contribution in [1.82, 2.24) is 0 Å². The van der Waals surface area contributed by atoms with Crippen molar-refractivity contribution >= 4 is 19.7 Å². The van der Waals surface area contributed by atoms with Crippen molar-refractivity contribution < 1.29 is 21.9 Å². The molecule has 0 bridgehead atoms. The van der Waals surface area contributed by atoms with Crippen LogP contribution in [0, 0.1) is 11.6 Å². The van der Waals surface area contributed by atoms with E-state index in [9.17, 15) is 17.2 Å². The van der Waals surface area contributed by atoms with E-state index in [1.165, 1.54) is 6.07 Å². The number of halogens is 3. The second kappa shape index (κ2) is 7.65. The van der Waals surface area contributed by atoms with Crippen LogP contribution in [0.2, 0.25) is 0 Å². The summed E-state index contributed by atoms with van der Waals surface area (Å²) in [7, 11) is 1.66. The molecular weight excluding hydrogens is 298 g/mol. The Morgan fingerprint density at radius 1 is 1.05 bits per heavy atom. The van der Waals surface area contributed by atoms with Gasteiger partial charge in [0.25, 0.3) is 0 Å². The zero-order chi connectivity index (χ0) is 14.3. The third kappa shape index (κ3) is 7.32. The first-order chi connectivity index (χ1) is 8.88. The standard InChI is InChI=1S/C12H15ClF2O3S/c13-19(16,17)8-4-2-1-3-7-18-10-5-6-11(14)12(15)9-10/h5-6,9H,1-4,7-8H2. The van der Waals surface area contributed by atoms with E-state index >= 15 is 0 Å². The maximum Gasteiger partial charge on any atom is 0.232 e. The van der Waals surface area contributed by atoms with E-state index in [-0.39, 0.29) is 11.5 Å². The van der Waals surface area contributed by atoms with Gasteiger partial charge in [0.05, 0.1) is 12.4 Å². The van der Waals surface area contributed by atoms with Crippen LogP contribution in [-0.2, 0) is 9.05 Å². The second-order valence-corrected chi connectivity index (χ2v) is 6.98. The summed E-state index contributed by atoms with van der Waals surface area (Å²) in [6.07, 6.45) is 2.74. The van der Waals surface area contributed by atoms with Gasteiger partial charge in [-0.25, -0.2) is 17.2 Å². The minimum absolute atomic E-state index is 0.0292. The summed E-state index contributed by atoms with van der Waals surface area (Å²) in [5.41, 5.74) is 0. The average molecular weight is 313 g/mol. The van der Waals surface area contributed by atoms with E-state index in [0.29, 0.717) is 19.4 Å². The molecule has 0 aliphatic rings. The quantitative estimate of drug-likeness (QED) is 0.545. The summed E-state index contributed by atoms with van der Waals surface area (Å²) < 4.78 is 52.0. The Labute approximate surface area is 115 Å². The van der Waals surface area contributed by atoms with Gasteiger partial charge in [-0.05, 0) is 25.0 Å². The van der Waals surface area contributed by atoms with Crippen molar-refractivity contribution in [2.75, 3.05) is 12.4 Å².